The molecule has 2 aromatic rings. The molecule has 0 saturated carbocycles. The van der Waals surface area contributed by atoms with Crippen molar-refractivity contribution in [3.05, 3.63) is 64.3 Å². The van der Waals surface area contributed by atoms with Crippen LogP contribution in [0.15, 0.2) is 47.5 Å². The summed E-state index contributed by atoms with van der Waals surface area (Å²) >= 11 is 0. The van der Waals surface area contributed by atoms with Crippen LogP contribution in [0, 0.1) is 5.92 Å². The van der Waals surface area contributed by atoms with E-state index in [1.165, 1.54) is 12.5 Å². The first-order valence-corrected chi connectivity index (χ1v) is 9.19. The predicted octanol–water partition coefficient (Wildman–Crippen LogP) is 1.54. The van der Waals surface area contributed by atoms with E-state index in [1.54, 1.807) is 12.3 Å². The van der Waals surface area contributed by atoms with Gasteiger partial charge in [-0.15, -0.1) is 0 Å². The van der Waals surface area contributed by atoms with Crippen LogP contribution in [-0.2, 0) is 11.3 Å². The van der Waals surface area contributed by atoms with Crippen LogP contribution in [0.25, 0.3) is 0 Å². The van der Waals surface area contributed by atoms with Crippen LogP contribution < -0.4 is 10.9 Å². The van der Waals surface area contributed by atoms with Gasteiger partial charge in [-0.25, -0.2) is 0 Å². The zero-order valence-electron chi connectivity index (χ0n) is 15.0. The molecule has 0 radical (unpaired) electrons. The van der Waals surface area contributed by atoms with Crippen LogP contribution in [0.2, 0.25) is 0 Å². The maximum atomic E-state index is 12.6. The largest absolute Gasteiger partial charge is 0.354 e. The van der Waals surface area contributed by atoms with E-state index in [9.17, 15) is 9.59 Å². The number of pyridine rings is 2. The quantitative estimate of drug-likeness (QED) is 0.906. The van der Waals surface area contributed by atoms with Crippen molar-refractivity contribution < 1.29 is 4.79 Å². The minimum absolute atomic E-state index is 0.00977. The lowest BCUT2D eigenvalue weighted by Gasteiger charge is -2.47. The highest BCUT2D eigenvalue weighted by molar-refractivity contribution is 5.72. The molecule has 1 amide bonds. The summed E-state index contributed by atoms with van der Waals surface area (Å²) in [6.07, 6.45) is 4.77. The van der Waals surface area contributed by atoms with Crippen LogP contribution in [0.4, 0.5) is 0 Å². The van der Waals surface area contributed by atoms with E-state index < -0.39 is 0 Å². The molecule has 3 atom stereocenters. The Morgan fingerprint density at radius 1 is 1.27 bits per heavy atom. The monoisotopic (exact) mass is 352 g/mol. The standard InChI is InChI=1S/C20H24N4O2/c1-14(25)22-10-19-17-8-16(18-5-2-6-20(26)24(18)19)12-23(13-17)11-15-4-3-7-21-9-15/h2-7,9,16-17,19H,8,10-13H2,1H3,(H,22,25)/t16-,17+,19+/m1/s1. The first-order valence-electron chi connectivity index (χ1n) is 9.19. The maximum absolute atomic E-state index is 12.6. The van der Waals surface area contributed by atoms with Crippen molar-refractivity contribution in [3.8, 4) is 0 Å². The highest BCUT2D eigenvalue weighted by Crippen LogP contribution is 2.41. The first kappa shape index (κ1) is 17.0. The summed E-state index contributed by atoms with van der Waals surface area (Å²) in [5.41, 5.74) is 2.34. The number of nitrogens with zero attached hydrogens (tertiary/aromatic N) is 3. The minimum Gasteiger partial charge on any atom is -0.354 e. The molecular weight excluding hydrogens is 328 g/mol. The third-order valence-electron chi connectivity index (χ3n) is 5.56. The summed E-state index contributed by atoms with van der Waals surface area (Å²) in [7, 11) is 0. The molecule has 1 N–H and O–H groups in total. The zero-order valence-corrected chi connectivity index (χ0v) is 15.0. The second-order valence-corrected chi connectivity index (χ2v) is 7.41. The molecule has 0 aromatic carbocycles. The summed E-state index contributed by atoms with van der Waals surface area (Å²) in [5, 5.41) is 2.92. The zero-order chi connectivity index (χ0) is 18.1. The Bertz CT molecular complexity index is 848. The second-order valence-electron chi connectivity index (χ2n) is 7.41. The lowest BCUT2D eigenvalue weighted by Crippen LogP contribution is -2.51. The molecule has 2 bridgehead atoms. The van der Waals surface area contributed by atoms with Crippen LogP contribution in [0.1, 0.15) is 36.6 Å². The molecule has 0 spiro atoms. The van der Waals surface area contributed by atoms with E-state index in [0.717, 1.165) is 31.7 Å². The topological polar surface area (TPSA) is 67.2 Å². The van der Waals surface area contributed by atoms with Crippen molar-refractivity contribution in [2.24, 2.45) is 5.92 Å². The number of aromatic nitrogens is 2. The van der Waals surface area contributed by atoms with Crippen LogP contribution in [0.3, 0.4) is 0 Å². The molecule has 4 rings (SSSR count). The molecule has 0 aliphatic carbocycles. The van der Waals surface area contributed by atoms with Gasteiger partial charge in [-0.3, -0.25) is 19.5 Å². The smallest absolute Gasteiger partial charge is 0.251 e. The molecule has 26 heavy (non-hydrogen) atoms. The molecule has 136 valence electrons. The molecule has 6 nitrogen and oxygen atoms in total. The molecule has 1 fully saturated rings. The average Bonchev–Trinajstić information content (AvgIpc) is 2.63. The lowest BCUT2D eigenvalue weighted by molar-refractivity contribution is -0.119. The Kier molecular flexibility index (Phi) is 4.59. The SMILES string of the molecule is CC(=O)NC[C@H]1[C@H]2C[C@H](CN(Cc3cccnc3)C2)c2cccc(=O)n21. The number of likely N-dealkylation sites (tertiary alicyclic amines) is 1. The van der Waals surface area contributed by atoms with Gasteiger partial charge in [0.2, 0.25) is 5.91 Å². The fourth-order valence-electron chi connectivity index (χ4n) is 4.53. The summed E-state index contributed by atoms with van der Waals surface area (Å²) < 4.78 is 1.93. The van der Waals surface area contributed by atoms with Crippen molar-refractivity contribution in [2.75, 3.05) is 19.6 Å². The Labute approximate surface area is 152 Å². The highest BCUT2D eigenvalue weighted by Gasteiger charge is 2.40. The van der Waals surface area contributed by atoms with Crippen molar-refractivity contribution in [2.45, 2.75) is 31.8 Å². The summed E-state index contributed by atoms with van der Waals surface area (Å²) in [6, 6.07) is 9.62. The van der Waals surface area contributed by atoms with E-state index in [0.29, 0.717) is 18.4 Å². The Balaban J connectivity index is 1.63. The van der Waals surface area contributed by atoms with Gasteiger partial charge < -0.3 is 9.88 Å². The molecule has 2 aliphatic heterocycles. The maximum Gasteiger partial charge on any atom is 0.251 e. The predicted molar refractivity (Wildman–Crippen MR) is 98.8 cm³/mol. The van der Waals surface area contributed by atoms with Crippen molar-refractivity contribution in [1.29, 1.82) is 0 Å². The molecule has 4 heterocycles. The third kappa shape index (κ3) is 3.29. The van der Waals surface area contributed by atoms with Crippen LogP contribution in [-0.4, -0.2) is 40.0 Å². The van der Waals surface area contributed by atoms with Gasteiger partial charge in [0.05, 0.1) is 6.04 Å². The fourth-order valence-corrected chi connectivity index (χ4v) is 4.53. The molecule has 0 unspecified atom stereocenters. The highest BCUT2D eigenvalue weighted by atomic mass is 16.1. The summed E-state index contributed by atoms with van der Waals surface area (Å²) in [4.78, 5) is 30.7. The lowest BCUT2D eigenvalue weighted by atomic mass is 9.78. The Morgan fingerprint density at radius 2 is 2.15 bits per heavy atom. The van der Waals surface area contributed by atoms with Crippen LogP contribution >= 0.6 is 0 Å². The van der Waals surface area contributed by atoms with Gasteiger partial charge in [-0.05, 0) is 30.0 Å². The number of fused-ring (bicyclic) bond motifs is 4. The van der Waals surface area contributed by atoms with E-state index in [2.05, 4.69) is 27.3 Å². The summed E-state index contributed by atoms with van der Waals surface area (Å²) in [6.45, 7) is 4.77. The second kappa shape index (κ2) is 7.03. The number of rotatable bonds is 4. The number of hydrogen-bond acceptors (Lipinski definition) is 4. The number of nitrogens with one attached hydrogen (secondary N) is 1. The van der Waals surface area contributed by atoms with Gasteiger partial charge in [0.1, 0.15) is 0 Å². The molecule has 2 aliphatic rings. The number of carbonyl (C=O) groups is 1. The van der Waals surface area contributed by atoms with Gasteiger partial charge >= 0.3 is 0 Å². The third-order valence-corrected chi connectivity index (χ3v) is 5.56. The van der Waals surface area contributed by atoms with E-state index in [-0.39, 0.29) is 17.5 Å². The van der Waals surface area contributed by atoms with Gasteiger partial charge in [0, 0.05) is 63.2 Å². The van der Waals surface area contributed by atoms with Gasteiger partial charge in [0.15, 0.2) is 0 Å². The van der Waals surface area contributed by atoms with Crippen molar-refractivity contribution in [1.82, 2.24) is 19.8 Å². The molecule has 2 aromatic heterocycles. The fraction of sp³-hybridized carbons (Fsp3) is 0.450. The normalized spacial score (nSPS) is 24.7. The minimum atomic E-state index is -0.0549. The number of piperidine rings is 1. The van der Waals surface area contributed by atoms with Gasteiger partial charge in [-0.1, -0.05) is 12.1 Å². The Hall–Kier alpha value is -2.47. The van der Waals surface area contributed by atoms with Crippen molar-refractivity contribution in [3.63, 3.8) is 0 Å². The van der Waals surface area contributed by atoms with Gasteiger partial charge in [0.25, 0.3) is 5.56 Å². The van der Waals surface area contributed by atoms with Gasteiger partial charge in [-0.2, -0.15) is 0 Å². The van der Waals surface area contributed by atoms with E-state index >= 15 is 0 Å². The first-order chi connectivity index (χ1) is 12.6. The molecule has 1 saturated heterocycles. The average molecular weight is 352 g/mol. The van der Waals surface area contributed by atoms with E-state index in [1.807, 2.05) is 22.9 Å². The molecular formula is C20H24N4O2. The Morgan fingerprint density at radius 3 is 2.92 bits per heavy atom. The number of amides is 1. The number of carbonyl (C=O) groups excluding carboxylic acids is 1. The van der Waals surface area contributed by atoms with E-state index in [4.69, 9.17) is 0 Å². The molecule has 6 heteroatoms. The summed E-state index contributed by atoms with van der Waals surface area (Å²) in [5.74, 6) is 0.651. The van der Waals surface area contributed by atoms with Crippen molar-refractivity contribution >= 4 is 5.91 Å². The van der Waals surface area contributed by atoms with Crippen LogP contribution in [0.5, 0.6) is 0 Å². The number of hydrogen-bond donors (Lipinski definition) is 1.